The van der Waals surface area contributed by atoms with Crippen LogP contribution in [-0.2, 0) is 4.74 Å². The van der Waals surface area contributed by atoms with Crippen molar-refractivity contribution < 1.29 is 9.84 Å². The van der Waals surface area contributed by atoms with E-state index in [0.717, 1.165) is 6.42 Å². The maximum Gasteiger partial charge on any atom is 0.0765 e. The molecule has 2 atom stereocenters. The molecule has 2 unspecified atom stereocenters. The van der Waals surface area contributed by atoms with Gasteiger partial charge in [0.2, 0.25) is 0 Å². The first kappa shape index (κ1) is 12.9. The zero-order chi connectivity index (χ0) is 10.3. The van der Waals surface area contributed by atoms with Gasteiger partial charge >= 0.3 is 0 Å². The van der Waals surface area contributed by atoms with Gasteiger partial charge in [-0.05, 0) is 20.3 Å². The van der Waals surface area contributed by atoms with Crippen LogP contribution in [-0.4, -0.2) is 37.0 Å². The molecule has 0 heterocycles. The molecule has 0 saturated heterocycles. The van der Waals surface area contributed by atoms with E-state index >= 15 is 0 Å². The smallest absolute Gasteiger partial charge is 0.0765 e. The molecule has 0 radical (unpaired) electrons. The molecule has 0 bridgehead atoms. The Morgan fingerprint density at radius 3 is 2.62 bits per heavy atom. The minimum absolute atomic E-state index is 0.467. The van der Waals surface area contributed by atoms with Crippen LogP contribution in [0, 0.1) is 0 Å². The molecule has 0 saturated carbocycles. The lowest BCUT2D eigenvalue weighted by atomic mass is 10.0. The highest BCUT2D eigenvalue weighted by atomic mass is 16.5. The third kappa shape index (κ3) is 6.99. The largest absolute Gasteiger partial charge is 0.389 e. The molecule has 2 N–H and O–H groups in total. The number of methoxy groups -OCH3 is 1. The number of hydrogen-bond acceptors (Lipinski definition) is 3. The van der Waals surface area contributed by atoms with Crippen molar-refractivity contribution in [1.82, 2.24) is 5.32 Å². The average Bonchev–Trinajstić information content (AvgIpc) is 2.11. The van der Waals surface area contributed by atoms with Crippen LogP contribution in [0.25, 0.3) is 0 Å². The fourth-order valence-electron chi connectivity index (χ4n) is 0.949. The van der Waals surface area contributed by atoms with Gasteiger partial charge in [0.05, 0.1) is 5.60 Å². The summed E-state index contributed by atoms with van der Waals surface area (Å²) in [5, 5.41) is 13.1. The van der Waals surface area contributed by atoms with Gasteiger partial charge in [0.15, 0.2) is 0 Å². The van der Waals surface area contributed by atoms with Crippen LogP contribution in [0.1, 0.15) is 33.6 Å². The van der Waals surface area contributed by atoms with Gasteiger partial charge in [-0.3, -0.25) is 0 Å². The van der Waals surface area contributed by atoms with Crippen LogP contribution in [0.5, 0.6) is 0 Å². The lowest BCUT2D eigenvalue weighted by Gasteiger charge is -2.25. The Kier molecular flexibility index (Phi) is 6.29. The fourth-order valence-corrected chi connectivity index (χ4v) is 0.949. The maximum absolute atomic E-state index is 9.85. The van der Waals surface area contributed by atoms with E-state index in [2.05, 4.69) is 19.2 Å². The van der Waals surface area contributed by atoms with Crippen LogP contribution in [0.2, 0.25) is 0 Å². The van der Waals surface area contributed by atoms with Gasteiger partial charge in [0.1, 0.15) is 0 Å². The minimum atomic E-state index is -0.653. The molecular weight excluding hydrogens is 166 g/mol. The number of aliphatic hydroxyl groups is 1. The van der Waals surface area contributed by atoms with Gasteiger partial charge in [-0.15, -0.1) is 0 Å². The zero-order valence-corrected chi connectivity index (χ0v) is 9.26. The van der Waals surface area contributed by atoms with Crippen molar-refractivity contribution >= 4 is 0 Å². The number of hydrogen-bond donors (Lipinski definition) is 2. The highest BCUT2D eigenvalue weighted by Gasteiger charge is 2.19. The molecule has 0 aliphatic rings. The van der Waals surface area contributed by atoms with Crippen molar-refractivity contribution in [2.45, 2.75) is 45.3 Å². The molecule has 0 fully saturated rings. The Balaban J connectivity index is 3.61. The highest BCUT2D eigenvalue weighted by Crippen LogP contribution is 2.08. The van der Waals surface area contributed by atoms with Gasteiger partial charge in [-0.25, -0.2) is 0 Å². The zero-order valence-electron chi connectivity index (χ0n) is 9.26. The molecule has 0 amide bonds. The Hall–Kier alpha value is -0.120. The van der Waals surface area contributed by atoms with E-state index in [0.29, 0.717) is 25.6 Å². The predicted molar refractivity (Wildman–Crippen MR) is 54.9 cm³/mol. The lowest BCUT2D eigenvalue weighted by Crippen LogP contribution is -2.42. The first-order valence-electron chi connectivity index (χ1n) is 4.96. The van der Waals surface area contributed by atoms with E-state index in [4.69, 9.17) is 4.74 Å². The Morgan fingerprint density at radius 1 is 1.54 bits per heavy atom. The van der Waals surface area contributed by atoms with Crippen molar-refractivity contribution in [3.8, 4) is 0 Å². The molecular formula is C10H23NO2. The molecule has 13 heavy (non-hydrogen) atoms. The van der Waals surface area contributed by atoms with Crippen LogP contribution < -0.4 is 5.32 Å². The molecule has 0 aromatic heterocycles. The van der Waals surface area contributed by atoms with Gasteiger partial charge in [-0.2, -0.15) is 0 Å². The summed E-state index contributed by atoms with van der Waals surface area (Å²) < 4.78 is 4.92. The lowest BCUT2D eigenvalue weighted by molar-refractivity contribution is 0.0231. The quantitative estimate of drug-likeness (QED) is 0.631. The van der Waals surface area contributed by atoms with Crippen molar-refractivity contribution in [3.63, 3.8) is 0 Å². The third-order valence-electron chi connectivity index (χ3n) is 2.29. The molecule has 0 aromatic carbocycles. The Bertz CT molecular complexity index is 126. The van der Waals surface area contributed by atoms with Gasteiger partial charge < -0.3 is 15.2 Å². The van der Waals surface area contributed by atoms with Crippen molar-refractivity contribution in [2.24, 2.45) is 0 Å². The van der Waals surface area contributed by atoms with E-state index in [1.807, 2.05) is 6.92 Å². The average molecular weight is 189 g/mol. The van der Waals surface area contributed by atoms with E-state index in [1.54, 1.807) is 7.11 Å². The minimum Gasteiger partial charge on any atom is -0.389 e. The standard InChI is InChI=1S/C10H23NO2/c1-5-9(2)11-8-10(3,12)6-7-13-4/h9,11-12H,5-8H2,1-4H3. The van der Waals surface area contributed by atoms with E-state index < -0.39 is 5.60 Å². The molecule has 3 heteroatoms. The van der Waals surface area contributed by atoms with Crippen LogP contribution >= 0.6 is 0 Å². The van der Waals surface area contributed by atoms with Crippen molar-refractivity contribution in [3.05, 3.63) is 0 Å². The second kappa shape index (κ2) is 6.35. The molecule has 0 aliphatic heterocycles. The van der Waals surface area contributed by atoms with Gasteiger partial charge in [-0.1, -0.05) is 6.92 Å². The summed E-state index contributed by atoms with van der Waals surface area (Å²) in [4.78, 5) is 0. The van der Waals surface area contributed by atoms with Crippen LogP contribution in [0.15, 0.2) is 0 Å². The van der Waals surface area contributed by atoms with Gasteiger partial charge in [0, 0.05) is 32.7 Å². The maximum atomic E-state index is 9.85. The topological polar surface area (TPSA) is 41.5 Å². The molecule has 0 aliphatic carbocycles. The highest BCUT2D eigenvalue weighted by molar-refractivity contribution is 4.76. The summed E-state index contributed by atoms with van der Waals surface area (Å²) in [5.41, 5.74) is -0.653. The molecule has 0 aromatic rings. The summed E-state index contributed by atoms with van der Waals surface area (Å²) in [6.45, 7) is 7.32. The molecule has 0 rings (SSSR count). The summed E-state index contributed by atoms with van der Waals surface area (Å²) >= 11 is 0. The monoisotopic (exact) mass is 189 g/mol. The van der Waals surface area contributed by atoms with Crippen molar-refractivity contribution in [2.75, 3.05) is 20.3 Å². The second-order valence-electron chi connectivity index (χ2n) is 3.93. The second-order valence-corrected chi connectivity index (χ2v) is 3.93. The predicted octanol–water partition coefficient (Wildman–Crippen LogP) is 1.16. The molecule has 80 valence electrons. The number of ether oxygens (including phenoxy) is 1. The Morgan fingerprint density at radius 2 is 2.15 bits per heavy atom. The van der Waals surface area contributed by atoms with Gasteiger partial charge in [0.25, 0.3) is 0 Å². The summed E-state index contributed by atoms with van der Waals surface area (Å²) in [7, 11) is 1.65. The summed E-state index contributed by atoms with van der Waals surface area (Å²) in [5.74, 6) is 0. The van der Waals surface area contributed by atoms with E-state index in [9.17, 15) is 5.11 Å². The van der Waals surface area contributed by atoms with Crippen LogP contribution in [0.3, 0.4) is 0 Å². The van der Waals surface area contributed by atoms with E-state index in [1.165, 1.54) is 0 Å². The number of rotatable bonds is 7. The third-order valence-corrected chi connectivity index (χ3v) is 2.29. The first-order valence-corrected chi connectivity index (χ1v) is 4.96. The summed E-state index contributed by atoms with van der Waals surface area (Å²) in [6.07, 6.45) is 1.76. The Labute approximate surface area is 81.5 Å². The SMILES string of the molecule is CCC(C)NCC(C)(O)CCOC. The van der Waals surface area contributed by atoms with Crippen LogP contribution in [0.4, 0.5) is 0 Å². The molecule has 3 nitrogen and oxygen atoms in total. The number of nitrogens with one attached hydrogen (secondary N) is 1. The van der Waals surface area contributed by atoms with Crippen molar-refractivity contribution in [1.29, 1.82) is 0 Å². The molecule has 0 spiro atoms. The fraction of sp³-hybridized carbons (Fsp3) is 1.00. The normalized spacial score (nSPS) is 18.2. The van der Waals surface area contributed by atoms with E-state index in [-0.39, 0.29) is 0 Å². The summed E-state index contributed by atoms with van der Waals surface area (Å²) in [6, 6.07) is 0.467. The first-order chi connectivity index (χ1) is 6.02.